The Bertz CT molecular complexity index is 1210. The topological polar surface area (TPSA) is 94.5 Å². The van der Waals surface area contributed by atoms with Gasteiger partial charge in [0.15, 0.2) is 0 Å². The third-order valence-electron chi connectivity index (χ3n) is 5.58. The van der Waals surface area contributed by atoms with Crippen molar-refractivity contribution in [3.05, 3.63) is 77.4 Å². The highest BCUT2D eigenvalue weighted by Gasteiger charge is 2.23. The number of nitrogens with one attached hydrogen (secondary N) is 3. The summed E-state index contributed by atoms with van der Waals surface area (Å²) in [6.07, 6.45) is 2.99. The number of benzene rings is 3. The Morgan fingerprint density at radius 2 is 1.94 bits per heavy atom. The zero-order valence-electron chi connectivity index (χ0n) is 18.6. The number of carbonyl (C=O) groups excluding carboxylic acids is 1. The first kappa shape index (κ1) is 22.5. The van der Waals surface area contributed by atoms with Gasteiger partial charge in [-0.1, -0.05) is 18.2 Å². The molecule has 1 aliphatic rings. The van der Waals surface area contributed by atoms with E-state index in [9.17, 15) is 9.00 Å². The van der Waals surface area contributed by atoms with Crippen molar-refractivity contribution in [2.24, 2.45) is 0 Å². The summed E-state index contributed by atoms with van der Waals surface area (Å²) in [6.45, 7) is 1.49. The molecule has 0 spiro atoms. The largest absolute Gasteiger partial charge is 0.490 e. The molecule has 3 aromatic carbocycles. The number of anilines is 3. The van der Waals surface area contributed by atoms with E-state index in [4.69, 9.17) is 10.1 Å². The van der Waals surface area contributed by atoms with Gasteiger partial charge in [0.1, 0.15) is 12.4 Å². The quantitative estimate of drug-likeness (QED) is 0.463. The van der Waals surface area contributed by atoms with Crippen LogP contribution in [-0.4, -0.2) is 42.8 Å². The number of nitrogens with zero attached hydrogens (tertiary/aromatic N) is 1. The monoisotopic (exact) mass is 462 g/mol. The molecule has 33 heavy (non-hydrogen) atoms. The number of hydrogen-bond donors (Lipinski definition) is 3. The van der Waals surface area contributed by atoms with Crippen LogP contribution in [0.3, 0.4) is 0 Å². The summed E-state index contributed by atoms with van der Waals surface area (Å²) in [7, 11) is 0.813. The molecular weight excluding hydrogens is 436 g/mol. The van der Waals surface area contributed by atoms with Gasteiger partial charge in [0.25, 0.3) is 5.91 Å². The molecular formula is C25H26N4O3S. The summed E-state index contributed by atoms with van der Waals surface area (Å²) < 4.78 is 17.4. The average molecular weight is 463 g/mol. The summed E-state index contributed by atoms with van der Waals surface area (Å²) in [5.74, 6) is 0.438. The van der Waals surface area contributed by atoms with Crippen molar-refractivity contribution in [2.45, 2.75) is 11.4 Å². The number of carbonyl (C=O) groups is 1. The second-order valence-electron chi connectivity index (χ2n) is 7.60. The number of hydrogen-bond acceptors (Lipinski definition) is 6. The fourth-order valence-electron chi connectivity index (χ4n) is 3.85. The van der Waals surface area contributed by atoms with Crippen molar-refractivity contribution in [1.29, 1.82) is 5.41 Å². The first-order chi connectivity index (χ1) is 16.0. The van der Waals surface area contributed by atoms with E-state index in [1.54, 1.807) is 18.4 Å². The van der Waals surface area contributed by atoms with Crippen LogP contribution in [0.25, 0.3) is 0 Å². The van der Waals surface area contributed by atoms with E-state index in [1.165, 1.54) is 6.21 Å². The molecule has 4 rings (SSSR count). The number of amides is 1. The number of ether oxygens (including phenoxy) is 1. The first-order valence-corrected chi connectivity index (χ1v) is 12.1. The molecule has 0 aromatic heterocycles. The van der Waals surface area contributed by atoms with Crippen LogP contribution in [0.5, 0.6) is 5.75 Å². The van der Waals surface area contributed by atoms with E-state index in [-0.39, 0.29) is 5.91 Å². The van der Waals surface area contributed by atoms with Gasteiger partial charge >= 0.3 is 0 Å². The summed E-state index contributed by atoms with van der Waals surface area (Å²) in [6, 6.07) is 18.6. The lowest BCUT2D eigenvalue weighted by Gasteiger charge is -2.33. The molecule has 1 amide bonds. The first-order valence-electron chi connectivity index (χ1n) is 10.6. The standard InChI is InChI=1S/C25H26N4O3S/c1-27-21-4-3-5-22(20(21)15-26)29-12-13-32-24-14-18(8-11-23(24)29)25(30)28-16-17-6-9-19(10-7-17)33(2)31/h3-11,14-15,26-27H,12-13,16H2,1-2H3,(H,28,30). The van der Waals surface area contributed by atoms with Gasteiger partial charge in [-0.05, 0) is 48.0 Å². The Labute approximate surface area is 195 Å². The van der Waals surface area contributed by atoms with Gasteiger partial charge in [0.2, 0.25) is 0 Å². The molecule has 0 saturated carbocycles. The van der Waals surface area contributed by atoms with Crippen LogP contribution in [0.4, 0.5) is 17.1 Å². The Balaban J connectivity index is 1.53. The van der Waals surface area contributed by atoms with Crippen molar-refractivity contribution in [3.8, 4) is 5.75 Å². The highest BCUT2D eigenvalue weighted by atomic mass is 32.2. The van der Waals surface area contributed by atoms with Crippen molar-refractivity contribution < 1.29 is 13.7 Å². The molecule has 3 aromatic rings. The zero-order chi connectivity index (χ0) is 23.4. The van der Waals surface area contributed by atoms with Crippen LogP contribution in [0.15, 0.2) is 65.6 Å². The summed E-state index contributed by atoms with van der Waals surface area (Å²) >= 11 is 0. The fraction of sp³-hybridized carbons (Fsp3) is 0.200. The average Bonchev–Trinajstić information content (AvgIpc) is 2.86. The van der Waals surface area contributed by atoms with E-state index >= 15 is 0 Å². The van der Waals surface area contributed by atoms with Gasteiger partial charge in [-0.25, -0.2) is 0 Å². The van der Waals surface area contributed by atoms with Crippen molar-refractivity contribution >= 4 is 40.0 Å². The summed E-state index contributed by atoms with van der Waals surface area (Å²) in [4.78, 5) is 15.6. The van der Waals surface area contributed by atoms with Gasteiger partial charge in [-0.2, -0.15) is 0 Å². The predicted octanol–water partition coefficient (Wildman–Crippen LogP) is 3.92. The van der Waals surface area contributed by atoms with Crippen molar-refractivity contribution in [3.63, 3.8) is 0 Å². The zero-order valence-corrected chi connectivity index (χ0v) is 19.4. The smallest absolute Gasteiger partial charge is 0.251 e. The van der Waals surface area contributed by atoms with E-state index in [0.29, 0.717) is 31.0 Å². The number of fused-ring (bicyclic) bond motifs is 1. The molecule has 0 saturated heterocycles. The maximum Gasteiger partial charge on any atom is 0.251 e. The van der Waals surface area contributed by atoms with E-state index in [1.807, 2.05) is 55.6 Å². The Kier molecular flexibility index (Phi) is 6.74. The second kappa shape index (κ2) is 9.87. The molecule has 0 fully saturated rings. The molecule has 0 bridgehead atoms. The van der Waals surface area contributed by atoms with Gasteiger partial charge in [0, 0.05) is 58.6 Å². The minimum absolute atomic E-state index is 0.195. The lowest BCUT2D eigenvalue weighted by Crippen LogP contribution is -2.30. The molecule has 8 heteroatoms. The Morgan fingerprint density at radius 3 is 2.64 bits per heavy atom. The van der Waals surface area contributed by atoms with Crippen LogP contribution in [0.1, 0.15) is 21.5 Å². The molecule has 1 atom stereocenters. The third kappa shape index (κ3) is 4.75. The molecule has 1 aliphatic heterocycles. The Morgan fingerprint density at radius 1 is 1.15 bits per heavy atom. The molecule has 1 heterocycles. The van der Waals surface area contributed by atoms with E-state index in [2.05, 4.69) is 15.5 Å². The van der Waals surface area contributed by atoms with Crippen molar-refractivity contribution in [1.82, 2.24) is 5.32 Å². The van der Waals surface area contributed by atoms with Gasteiger partial charge in [-0.3, -0.25) is 9.00 Å². The molecule has 3 N–H and O–H groups in total. The third-order valence-corrected chi connectivity index (χ3v) is 6.52. The normalized spacial score (nSPS) is 13.5. The molecule has 7 nitrogen and oxygen atoms in total. The van der Waals surface area contributed by atoms with Gasteiger partial charge in [0.05, 0.1) is 17.9 Å². The maximum absolute atomic E-state index is 12.7. The van der Waals surface area contributed by atoms with Crippen LogP contribution >= 0.6 is 0 Å². The van der Waals surface area contributed by atoms with Crippen LogP contribution in [-0.2, 0) is 17.3 Å². The van der Waals surface area contributed by atoms with E-state index < -0.39 is 10.8 Å². The highest BCUT2D eigenvalue weighted by Crippen LogP contribution is 2.39. The molecule has 0 radical (unpaired) electrons. The minimum atomic E-state index is -1.02. The van der Waals surface area contributed by atoms with Gasteiger partial charge in [-0.15, -0.1) is 0 Å². The minimum Gasteiger partial charge on any atom is -0.490 e. The number of rotatable bonds is 7. The van der Waals surface area contributed by atoms with Crippen LogP contribution < -0.4 is 20.3 Å². The van der Waals surface area contributed by atoms with Crippen LogP contribution in [0, 0.1) is 5.41 Å². The highest BCUT2D eigenvalue weighted by molar-refractivity contribution is 7.84. The lowest BCUT2D eigenvalue weighted by atomic mass is 10.1. The predicted molar refractivity (Wildman–Crippen MR) is 133 cm³/mol. The SMILES string of the molecule is CNc1cccc(N2CCOc3cc(C(=O)NCc4ccc(S(C)=O)cc4)ccc32)c1C=N. The molecule has 0 aliphatic carbocycles. The molecule has 170 valence electrons. The van der Waals surface area contributed by atoms with Crippen molar-refractivity contribution in [2.75, 3.05) is 36.7 Å². The second-order valence-corrected chi connectivity index (χ2v) is 8.98. The molecule has 1 unspecified atom stereocenters. The summed E-state index contributed by atoms with van der Waals surface area (Å²) in [5.41, 5.74) is 4.89. The Hall–Kier alpha value is -3.65. The van der Waals surface area contributed by atoms with Gasteiger partial charge < -0.3 is 25.7 Å². The fourth-order valence-corrected chi connectivity index (χ4v) is 4.37. The van der Waals surface area contributed by atoms with E-state index in [0.717, 1.165) is 33.1 Å². The van der Waals surface area contributed by atoms with Crippen LogP contribution in [0.2, 0.25) is 0 Å². The maximum atomic E-state index is 12.7. The summed E-state index contributed by atoms with van der Waals surface area (Å²) in [5, 5.41) is 13.9. The lowest BCUT2D eigenvalue weighted by molar-refractivity contribution is 0.0950.